The Hall–Kier alpha value is -2.68. The van der Waals surface area contributed by atoms with Gasteiger partial charge in [-0.3, -0.25) is 9.79 Å². The highest BCUT2D eigenvalue weighted by molar-refractivity contribution is 5.89. The largest absolute Gasteiger partial charge is 0.481 e. The molecule has 2 aromatic carbocycles. The summed E-state index contributed by atoms with van der Waals surface area (Å²) < 4.78 is 0. The number of hydrogen-bond acceptors (Lipinski definition) is 2. The SMILES string of the molecule is O=C(O)Cc1cc2c(c3c1=CC1CCc4ccccc4C31)C=NC=2. The van der Waals surface area contributed by atoms with Crippen LogP contribution in [0, 0.1) is 5.92 Å². The number of benzene rings is 2. The van der Waals surface area contributed by atoms with E-state index in [1.807, 2.05) is 18.5 Å². The first-order valence-corrected chi connectivity index (χ1v) is 8.43. The summed E-state index contributed by atoms with van der Waals surface area (Å²) in [5.41, 5.74) is 6.22. The summed E-state index contributed by atoms with van der Waals surface area (Å²) in [5, 5.41) is 11.5. The monoisotopic (exact) mass is 315 g/mol. The van der Waals surface area contributed by atoms with Crippen LogP contribution < -0.4 is 10.4 Å². The summed E-state index contributed by atoms with van der Waals surface area (Å²) in [5.74, 6) is 0.0214. The van der Waals surface area contributed by atoms with Crippen LogP contribution in [0.25, 0.3) is 12.3 Å². The Bertz CT molecular complexity index is 1030. The molecule has 118 valence electrons. The van der Waals surface area contributed by atoms with Crippen LogP contribution in [0.1, 0.15) is 40.2 Å². The molecular weight excluding hydrogens is 298 g/mol. The van der Waals surface area contributed by atoms with E-state index >= 15 is 0 Å². The van der Waals surface area contributed by atoms with Gasteiger partial charge < -0.3 is 5.11 Å². The van der Waals surface area contributed by atoms with E-state index < -0.39 is 5.97 Å². The lowest BCUT2D eigenvalue weighted by molar-refractivity contribution is -0.136. The van der Waals surface area contributed by atoms with Crippen molar-refractivity contribution in [3.63, 3.8) is 0 Å². The van der Waals surface area contributed by atoms with Gasteiger partial charge in [0, 0.05) is 29.1 Å². The first-order chi connectivity index (χ1) is 11.7. The van der Waals surface area contributed by atoms with Crippen molar-refractivity contribution in [2.75, 3.05) is 0 Å². The number of carbonyl (C=O) groups is 1. The standard InChI is InChI=1S/C21H17NO2/c23-19(24)9-14-7-15-10-22-11-18(15)21-17(14)8-13-6-5-12-3-1-2-4-16(12)20(13)21/h1-4,7-8,10-11,13,20H,5-6,9H2,(H,23,24). The van der Waals surface area contributed by atoms with Crippen LogP contribution in [-0.2, 0) is 17.6 Å². The number of nitrogens with zero attached hydrogens (tertiary/aromatic N) is 1. The van der Waals surface area contributed by atoms with Crippen LogP contribution in [0.3, 0.4) is 0 Å². The number of hydrogen-bond donors (Lipinski definition) is 1. The lowest BCUT2D eigenvalue weighted by Crippen LogP contribution is -2.26. The van der Waals surface area contributed by atoms with Gasteiger partial charge in [-0.15, -0.1) is 0 Å². The molecule has 1 N–H and O–H groups in total. The normalized spacial score (nSPS) is 22.0. The number of aryl methyl sites for hydroxylation is 1. The quantitative estimate of drug-likeness (QED) is 0.921. The van der Waals surface area contributed by atoms with Crippen molar-refractivity contribution in [2.24, 2.45) is 10.9 Å². The molecule has 2 atom stereocenters. The third-order valence-electron chi connectivity index (χ3n) is 5.58. The average molecular weight is 315 g/mol. The summed E-state index contributed by atoms with van der Waals surface area (Å²) in [4.78, 5) is 15.7. The zero-order valence-electron chi connectivity index (χ0n) is 13.2. The maximum atomic E-state index is 11.3. The number of aliphatic carboxylic acids is 1. The molecule has 0 bridgehead atoms. The van der Waals surface area contributed by atoms with Crippen molar-refractivity contribution < 1.29 is 9.90 Å². The Morgan fingerprint density at radius 2 is 2.17 bits per heavy atom. The second-order valence-electron chi connectivity index (χ2n) is 6.89. The van der Waals surface area contributed by atoms with Gasteiger partial charge in [-0.2, -0.15) is 0 Å². The zero-order chi connectivity index (χ0) is 16.3. The van der Waals surface area contributed by atoms with E-state index in [1.165, 1.54) is 22.3 Å². The van der Waals surface area contributed by atoms with Crippen molar-refractivity contribution in [3.8, 4) is 0 Å². The van der Waals surface area contributed by atoms with Crippen LogP contribution in [-0.4, -0.2) is 17.3 Å². The molecule has 5 rings (SSSR count). The molecule has 3 nitrogen and oxygen atoms in total. The van der Waals surface area contributed by atoms with E-state index in [-0.39, 0.29) is 6.42 Å². The second-order valence-corrected chi connectivity index (χ2v) is 6.89. The van der Waals surface area contributed by atoms with Crippen LogP contribution in [0.5, 0.6) is 0 Å². The average Bonchev–Trinajstić information content (AvgIpc) is 3.17. The maximum Gasteiger partial charge on any atom is 0.307 e. The van der Waals surface area contributed by atoms with Crippen molar-refractivity contribution in [2.45, 2.75) is 25.2 Å². The Morgan fingerprint density at radius 3 is 3.04 bits per heavy atom. The Morgan fingerprint density at radius 1 is 1.29 bits per heavy atom. The van der Waals surface area contributed by atoms with Gasteiger partial charge in [-0.25, -0.2) is 0 Å². The minimum Gasteiger partial charge on any atom is -0.481 e. The van der Waals surface area contributed by atoms with Crippen LogP contribution in [0.4, 0.5) is 0 Å². The first-order valence-electron chi connectivity index (χ1n) is 8.43. The smallest absolute Gasteiger partial charge is 0.307 e. The molecule has 1 aliphatic heterocycles. The van der Waals surface area contributed by atoms with Crippen molar-refractivity contribution in [3.05, 3.63) is 68.6 Å². The number of aliphatic imine (C=N–C) groups is 1. The van der Waals surface area contributed by atoms with Crippen molar-refractivity contribution in [1.82, 2.24) is 0 Å². The fraction of sp³-hybridized carbons (Fsp3) is 0.238. The topological polar surface area (TPSA) is 49.7 Å². The van der Waals surface area contributed by atoms with Gasteiger partial charge in [0.25, 0.3) is 0 Å². The molecule has 24 heavy (non-hydrogen) atoms. The molecule has 0 spiro atoms. The lowest BCUT2D eigenvalue weighted by atomic mass is 9.74. The van der Waals surface area contributed by atoms with E-state index in [0.717, 1.165) is 28.8 Å². The van der Waals surface area contributed by atoms with Crippen molar-refractivity contribution >= 4 is 24.5 Å². The minimum absolute atomic E-state index is 0.0705. The van der Waals surface area contributed by atoms with Crippen LogP contribution in [0.2, 0.25) is 0 Å². The molecule has 1 heterocycles. The summed E-state index contributed by atoms with van der Waals surface area (Å²) in [6.45, 7) is 0. The lowest BCUT2D eigenvalue weighted by Gasteiger charge is -2.29. The molecule has 0 saturated heterocycles. The van der Waals surface area contributed by atoms with Crippen LogP contribution >= 0.6 is 0 Å². The molecule has 3 heteroatoms. The van der Waals surface area contributed by atoms with E-state index in [1.54, 1.807) is 0 Å². The number of carboxylic acid groups (broad SMARTS) is 1. The molecule has 3 aliphatic rings. The van der Waals surface area contributed by atoms with Gasteiger partial charge in [0.2, 0.25) is 0 Å². The van der Waals surface area contributed by atoms with Gasteiger partial charge in [-0.1, -0.05) is 30.3 Å². The van der Waals surface area contributed by atoms with E-state index in [0.29, 0.717) is 11.8 Å². The third-order valence-corrected chi connectivity index (χ3v) is 5.58. The second kappa shape index (κ2) is 4.91. The van der Waals surface area contributed by atoms with Crippen molar-refractivity contribution in [1.29, 1.82) is 0 Å². The molecule has 2 aromatic rings. The Balaban J connectivity index is 1.81. The van der Waals surface area contributed by atoms with E-state index in [2.05, 4.69) is 35.3 Å². The molecule has 2 unspecified atom stereocenters. The summed E-state index contributed by atoms with van der Waals surface area (Å²) in [6.07, 6.45) is 8.40. The predicted octanol–water partition coefficient (Wildman–Crippen LogP) is 1.97. The number of rotatable bonds is 2. The summed E-state index contributed by atoms with van der Waals surface area (Å²) in [6, 6.07) is 10.7. The highest BCUT2D eigenvalue weighted by Crippen LogP contribution is 2.44. The number of fused-ring (bicyclic) bond motifs is 7. The fourth-order valence-corrected chi connectivity index (χ4v) is 4.65. The summed E-state index contributed by atoms with van der Waals surface area (Å²) in [7, 11) is 0. The van der Waals surface area contributed by atoms with Gasteiger partial charge in [0.05, 0.1) is 6.42 Å². The number of carboxylic acids is 1. The molecule has 0 radical (unpaired) electrons. The fourth-order valence-electron chi connectivity index (χ4n) is 4.65. The van der Waals surface area contributed by atoms with Crippen LogP contribution in [0.15, 0.2) is 35.3 Å². The molecule has 2 aliphatic carbocycles. The highest BCUT2D eigenvalue weighted by atomic mass is 16.4. The van der Waals surface area contributed by atoms with Gasteiger partial charge in [0.1, 0.15) is 0 Å². The molecule has 0 aromatic heterocycles. The van der Waals surface area contributed by atoms with Gasteiger partial charge in [-0.05, 0) is 52.3 Å². The highest BCUT2D eigenvalue weighted by Gasteiger charge is 2.36. The van der Waals surface area contributed by atoms with E-state index in [9.17, 15) is 9.90 Å². The molecular formula is C21H17NO2. The first kappa shape index (κ1) is 13.7. The summed E-state index contributed by atoms with van der Waals surface area (Å²) >= 11 is 0. The van der Waals surface area contributed by atoms with Gasteiger partial charge >= 0.3 is 5.97 Å². The Kier molecular flexibility index (Phi) is 2.81. The zero-order valence-corrected chi connectivity index (χ0v) is 13.2. The molecule has 0 fully saturated rings. The third kappa shape index (κ3) is 1.84. The van der Waals surface area contributed by atoms with E-state index in [4.69, 9.17) is 0 Å². The molecule has 0 amide bonds. The maximum absolute atomic E-state index is 11.3. The predicted molar refractivity (Wildman–Crippen MR) is 93.7 cm³/mol. The Labute approximate surface area is 139 Å². The van der Waals surface area contributed by atoms with Gasteiger partial charge in [0.15, 0.2) is 0 Å². The minimum atomic E-state index is -0.778. The molecule has 0 saturated carbocycles.